The summed E-state index contributed by atoms with van der Waals surface area (Å²) < 4.78 is 16.0. The van der Waals surface area contributed by atoms with Gasteiger partial charge in [-0.1, -0.05) is 24.3 Å². The summed E-state index contributed by atoms with van der Waals surface area (Å²) in [5, 5.41) is 3.24. The molecule has 5 nitrogen and oxygen atoms in total. The van der Waals surface area contributed by atoms with E-state index in [2.05, 4.69) is 5.32 Å². The van der Waals surface area contributed by atoms with E-state index in [-0.39, 0.29) is 12.8 Å². The molecule has 0 saturated heterocycles. The van der Waals surface area contributed by atoms with Crippen molar-refractivity contribution in [3.05, 3.63) is 59.2 Å². The van der Waals surface area contributed by atoms with Gasteiger partial charge in [-0.2, -0.15) is 0 Å². The Bertz CT molecular complexity index is 713. The van der Waals surface area contributed by atoms with Crippen molar-refractivity contribution in [3.8, 4) is 11.5 Å². The summed E-state index contributed by atoms with van der Waals surface area (Å²) in [7, 11) is 0. The maximum atomic E-state index is 11.7. The zero-order valence-electron chi connectivity index (χ0n) is 11.2. The fourth-order valence-electron chi connectivity index (χ4n) is 2.56. The van der Waals surface area contributed by atoms with E-state index < -0.39 is 6.23 Å². The molecule has 2 aromatic carbocycles. The molecule has 106 valence electrons. The highest BCUT2D eigenvalue weighted by Gasteiger charge is 2.30. The summed E-state index contributed by atoms with van der Waals surface area (Å²) in [6, 6.07) is 13.2. The molecule has 0 radical (unpaired) electrons. The van der Waals surface area contributed by atoms with Crippen LogP contribution in [-0.2, 0) is 11.3 Å². The maximum absolute atomic E-state index is 11.7. The van der Waals surface area contributed by atoms with Crippen LogP contribution in [0.1, 0.15) is 27.7 Å². The van der Waals surface area contributed by atoms with Gasteiger partial charge in [-0.05, 0) is 23.8 Å². The molecule has 2 aromatic rings. The Kier molecular flexibility index (Phi) is 2.79. The average Bonchev–Trinajstić information content (AvgIpc) is 3.10. The van der Waals surface area contributed by atoms with E-state index in [1.54, 1.807) is 6.07 Å². The summed E-state index contributed by atoms with van der Waals surface area (Å²) in [5.41, 5.74) is 2.55. The molecular weight excluding hydrogens is 270 g/mol. The number of carbonyl (C=O) groups is 1. The monoisotopic (exact) mass is 283 g/mol. The maximum Gasteiger partial charge on any atom is 0.340 e. The number of rotatable bonds is 3. The molecule has 0 aliphatic carbocycles. The van der Waals surface area contributed by atoms with Gasteiger partial charge in [0.2, 0.25) is 6.79 Å². The largest absolute Gasteiger partial charge is 0.454 e. The predicted molar refractivity (Wildman–Crippen MR) is 74.0 cm³/mol. The summed E-state index contributed by atoms with van der Waals surface area (Å²) in [4.78, 5) is 11.7. The molecule has 0 spiro atoms. The lowest BCUT2D eigenvalue weighted by molar-refractivity contribution is 0.0303. The van der Waals surface area contributed by atoms with Gasteiger partial charge in [-0.3, -0.25) is 5.32 Å². The third kappa shape index (κ3) is 2.11. The minimum Gasteiger partial charge on any atom is -0.454 e. The SMILES string of the molecule is O=C1OC(NCc2ccc3c(c2)OCO3)c2ccccc21. The van der Waals surface area contributed by atoms with E-state index in [4.69, 9.17) is 14.2 Å². The van der Waals surface area contributed by atoms with Gasteiger partial charge in [-0.15, -0.1) is 0 Å². The molecule has 2 aliphatic heterocycles. The van der Waals surface area contributed by atoms with Gasteiger partial charge < -0.3 is 14.2 Å². The molecule has 5 heteroatoms. The van der Waals surface area contributed by atoms with Crippen LogP contribution in [0.4, 0.5) is 0 Å². The summed E-state index contributed by atoms with van der Waals surface area (Å²) in [6.07, 6.45) is -0.404. The van der Waals surface area contributed by atoms with E-state index in [0.717, 1.165) is 22.6 Å². The number of hydrogen-bond donors (Lipinski definition) is 1. The van der Waals surface area contributed by atoms with Gasteiger partial charge in [-0.25, -0.2) is 4.79 Å². The van der Waals surface area contributed by atoms with E-state index >= 15 is 0 Å². The Morgan fingerprint density at radius 1 is 1.10 bits per heavy atom. The number of cyclic esters (lactones) is 1. The van der Waals surface area contributed by atoms with Crippen LogP contribution >= 0.6 is 0 Å². The fraction of sp³-hybridized carbons (Fsp3) is 0.188. The Balaban J connectivity index is 1.49. The third-order valence-corrected chi connectivity index (χ3v) is 3.62. The molecule has 0 bridgehead atoms. The molecule has 4 rings (SSSR count). The van der Waals surface area contributed by atoms with Crippen molar-refractivity contribution in [2.45, 2.75) is 12.8 Å². The number of ether oxygens (including phenoxy) is 3. The molecule has 21 heavy (non-hydrogen) atoms. The second kappa shape index (κ2) is 4.79. The van der Waals surface area contributed by atoms with E-state index in [9.17, 15) is 4.79 Å². The molecule has 0 amide bonds. The zero-order chi connectivity index (χ0) is 14.2. The van der Waals surface area contributed by atoms with Gasteiger partial charge in [0, 0.05) is 12.1 Å². The standard InChI is InChI=1S/C16H13NO4/c18-16-12-4-2-1-3-11(12)15(21-16)17-8-10-5-6-13-14(7-10)20-9-19-13/h1-7,15,17H,8-9H2. The smallest absolute Gasteiger partial charge is 0.340 e. The second-order valence-electron chi connectivity index (χ2n) is 4.94. The molecule has 0 saturated carbocycles. The number of fused-ring (bicyclic) bond motifs is 2. The van der Waals surface area contributed by atoms with Crippen LogP contribution in [-0.4, -0.2) is 12.8 Å². The Morgan fingerprint density at radius 2 is 1.95 bits per heavy atom. The first kappa shape index (κ1) is 12.2. The quantitative estimate of drug-likeness (QED) is 0.876. The van der Waals surface area contributed by atoms with Crippen LogP contribution in [0.15, 0.2) is 42.5 Å². The topological polar surface area (TPSA) is 56.8 Å². The van der Waals surface area contributed by atoms with Crippen LogP contribution in [0.25, 0.3) is 0 Å². The van der Waals surface area contributed by atoms with Gasteiger partial charge in [0.15, 0.2) is 17.7 Å². The number of esters is 1. The lowest BCUT2D eigenvalue weighted by Gasteiger charge is -2.13. The number of nitrogens with one attached hydrogen (secondary N) is 1. The highest BCUT2D eigenvalue weighted by molar-refractivity contribution is 5.93. The Morgan fingerprint density at radius 3 is 2.90 bits per heavy atom. The molecule has 0 aromatic heterocycles. The molecule has 2 aliphatic rings. The number of hydrogen-bond acceptors (Lipinski definition) is 5. The van der Waals surface area contributed by atoms with Crippen molar-refractivity contribution in [2.24, 2.45) is 0 Å². The summed E-state index contributed by atoms with van der Waals surface area (Å²) in [6.45, 7) is 0.836. The molecule has 0 fully saturated rings. The normalized spacial score (nSPS) is 18.5. The lowest BCUT2D eigenvalue weighted by Crippen LogP contribution is -2.20. The fourth-order valence-corrected chi connectivity index (χ4v) is 2.56. The Labute approximate surface area is 121 Å². The van der Waals surface area contributed by atoms with E-state index in [1.807, 2.05) is 36.4 Å². The molecule has 1 N–H and O–H groups in total. The first-order valence-electron chi connectivity index (χ1n) is 6.73. The van der Waals surface area contributed by atoms with Crippen molar-refractivity contribution in [1.82, 2.24) is 5.32 Å². The van der Waals surface area contributed by atoms with Crippen molar-refractivity contribution in [1.29, 1.82) is 0 Å². The molecule has 1 atom stereocenters. The summed E-state index contributed by atoms with van der Waals surface area (Å²) >= 11 is 0. The summed E-state index contributed by atoms with van der Waals surface area (Å²) in [5.74, 6) is 1.23. The Hall–Kier alpha value is -2.53. The van der Waals surface area contributed by atoms with Crippen LogP contribution < -0.4 is 14.8 Å². The van der Waals surface area contributed by atoms with Gasteiger partial charge in [0.05, 0.1) is 5.56 Å². The average molecular weight is 283 g/mol. The zero-order valence-corrected chi connectivity index (χ0v) is 11.2. The predicted octanol–water partition coefficient (Wildman–Crippen LogP) is 2.37. The minimum absolute atomic E-state index is 0.264. The van der Waals surface area contributed by atoms with Crippen LogP contribution in [0.3, 0.4) is 0 Å². The van der Waals surface area contributed by atoms with Crippen molar-refractivity contribution >= 4 is 5.97 Å². The highest BCUT2D eigenvalue weighted by atomic mass is 16.7. The first-order valence-corrected chi connectivity index (χ1v) is 6.73. The highest BCUT2D eigenvalue weighted by Crippen LogP contribution is 2.33. The second-order valence-corrected chi connectivity index (χ2v) is 4.94. The number of carbonyl (C=O) groups excluding carboxylic acids is 1. The third-order valence-electron chi connectivity index (χ3n) is 3.62. The molecular formula is C16H13NO4. The van der Waals surface area contributed by atoms with Crippen LogP contribution in [0.5, 0.6) is 11.5 Å². The number of benzene rings is 2. The van der Waals surface area contributed by atoms with Gasteiger partial charge in [0.1, 0.15) is 0 Å². The van der Waals surface area contributed by atoms with Crippen LogP contribution in [0.2, 0.25) is 0 Å². The van der Waals surface area contributed by atoms with Crippen LogP contribution in [0, 0.1) is 0 Å². The van der Waals surface area contributed by atoms with Crippen molar-refractivity contribution < 1.29 is 19.0 Å². The van der Waals surface area contributed by atoms with E-state index in [0.29, 0.717) is 12.1 Å². The van der Waals surface area contributed by atoms with E-state index in [1.165, 1.54) is 0 Å². The van der Waals surface area contributed by atoms with Crippen molar-refractivity contribution in [3.63, 3.8) is 0 Å². The lowest BCUT2D eigenvalue weighted by atomic mass is 10.1. The van der Waals surface area contributed by atoms with Crippen molar-refractivity contribution in [2.75, 3.05) is 6.79 Å². The van der Waals surface area contributed by atoms with Gasteiger partial charge >= 0.3 is 5.97 Å². The molecule has 1 unspecified atom stereocenters. The van der Waals surface area contributed by atoms with Gasteiger partial charge in [0.25, 0.3) is 0 Å². The minimum atomic E-state index is -0.404. The first-order chi connectivity index (χ1) is 10.3. The molecule has 2 heterocycles.